The van der Waals surface area contributed by atoms with Crippen LogP contribution in [0.15, 0.2) is 47.8 Å². The topological polar surface area (TPSA) is 97.1 Å². The summed E-state index contributed by atoms with van der Waals surface area (Å²) in [5.41, 5.74) is 2.21. The molecule has 1 aliphatic heterocycles. The summed E-state index contributed by atoms with van der Waals surface area (Å²) in [6.45, 7) is 16.6. The molecule has 0 bridgehead atoms. The number of rotatable bonds is 7. The molecule has 1 aliphatic carbocycles. The van der Waals surface area contributed by atoms with E-state index in [0.29, 0.717) is 35.9 Å². The lowest BCUT2D eigenvalue weighted by molar-refractivity contribution is -0.128. The molecule has 1 saturated heterocycles. The summed E-state index contributed by atoms with van der Waals surface area (Å²) in [5.74, 6) is 0.821. The number of nitrogens with zero attached hydrogens (tertiary/aromatic N) is 7. The summed E-state index contributed by atoms with van der Waals surface area (Å²) in [4.78, 5) is 50.5. The normalized spacial score (nSPS) is 18.6. The number of amides is 1. The van der Waals surface area contributed by atoms with Gasteiger partial charge in [0.15, 0.2) is 5.65 Å². The van der Waals surface area contributed by atoms with Crippen LogP contribution in [0.5, 0.6) is 0 Å². The van der Waals surface area contributed by atoms with E-state index < -0.39 is 11.5 Å². The van der Waals surface area contributed by atoms with Crippen molar-refractivity contribution in [2.45, 2.75) is 84.2 Å². The zero-order valence-corrected chi connectivity index (χ0v) is 27.8. The number of halogens is 2. The summed E-state index contributed by atoms with van der Waals surface area (Å²) in [6.07, 6.45) is 3.40. The monoisotopic (exact) mass is 643 g/mol. The predicted octanol–water partition coefficient (Wildman–Crippen LogP) is 6.77. The molecule has 2 aliphatic rings. The first kappa shape index (κ1) is 31.8. The van der Waals surface area contributed by atoms with Crippen LogP contribution in [0, 0.1) is 5.82 Å². The third-order valence-electron chi connectivity index (χ3n) is 8.86. The van der Waals surface area contributed by atoms with E-state index in [-0.39, 0.29) is 51.8 Å². The lowest BCUT2D eigenvalue weighted by Crippen LogP contribution is -2.58. The summed E-state index contributed by atoms with van der Waals surface area (Å²) in [6, 6.07) is 7.65. The van der Waals surface area contributed by atoms with Crippen LogP contribution >= 0.6 is 11.6 Å². The maximum atomic E-state index is 15.2. The molecule has 1 aromatic carbocycles. The van der Waals surface area contributed by atoms with Gasteiger partial charge in [0.1, 0.15) is 17.5 Å². The maximum Gasteiger partial charge on any atom is 0.355 e. The SMILES string of the molecule is C=CC(=O)N1C[C@H](C)N(c2nc(=O)n(-c3c(C(C)C)nc(C4CC4)nc3C(C)C)c3nc(-c4ccccc4F)c(Cl)cc23)C[C@H]1C. The van der Waals surface area contributed by atoms with Gasteiger partial charge < -0.3 is 9.80 Å². The van der Waals surface area contributed by atoms with Crippen molar-refractivity contribution in [1.82, 2.24) is 29.4 Å². The Hall–Kier alpha value is -4.18. The van der Waals surface area contributed by atoms with Gasteiger partial charge in [-0.3, -0.25) is 4.79 Å². The van der Waals surface area contributed by atoms with E-state index in [1.807, 2.05) is 46.4 Å². The molecule has 3 aromatic heterocycles. The highest BCUT2D eigenvalue weighted by Crippen LogP contribution is 2.41. The van der Waals surface area contributed by atoms with E-state index in [1.165, 1.54) is 16.7 Å². The predicted molar refractivity (Wildman–Crippen MR) is 179 cm³/mol. The minimum atomic E-state index is -0.548. The number of carbonyl (C=O) groups excluding carboxylic acids is 1. The molecule has 46 heavy (non-hydrogen) atoms. The number of hydrogen-bond donors (Lipinski definition) is 0. The van der Waals surface area contributed by atoms with Crippen LogP contribution in [0.25, 0.3) is 28.0 Å². The van der Waals surface area contributed by atoms with Crippen molar-refractivity contribution in [3.05, 3.63) is 81.5 Å². The van der Waals surface area contributed by atoms with Crippen molar-refractivity contribution < 1.29 is 9.18 Å². The average molecular weight is 644 g/mol. The van der Waals surface area contributed by atoms with Crippen LogP contribution in [0.3, 0.4) is 0 Å². The van der Waals surface area contributed by atoms with E-state index in [0.717, 1.165) is 30.1 Å². The van der Waals surface area contributed by atoms with Crippen molar-refractivity contribution in [3.63, 3.8) is 0 Å². The van der Waals surface area contributed by atoms with E-state index >= 15 is 4.39 Å². The second-order valence-corrected chi connectivity index (χ2v) is 13.5. The van der Waals surface area contributed by atoms with Gasteiger partial charge >= 0.3 is 5.69 Å². The van der Waals surface area contributed by atoms with E-state index in [9.17, 15) is 9.59 Å². The summed E-state index contributed by atoms with van der Waals surface area (Å²) in [5, 5.41) is 0.753. The lowest BCUT2D eigenvalue weighted by Gasteiger charge is -2.44. The van der Waals surface area contributed by atoms with Crippen LogP contribution in [0.2, 0.25) is 5.02 Å². The number of pyridine rings is 1. The molecular weight excluding hydrogens is 605 g/mol. The molecule has 4 aromatic rings. The van der Waals surface area contributed by atoms with Gasteiger partial charge in [-0.05, 0) is 62.8 Å². The maximum absolute atomic E-state index is 15.2. The zero-order chi connectivity index (χ0) is 33.0. The molecule has 1 amide bonds. The smallest absolute Gasteiger partial charge is 0.349 e. The summed E-state index contributed by atoms with van der Waals surface area (Å²) >= 11 is 6.88. The van der Waals surface area contributed by atoms with Gasteiger partial charge in [-0.15, -0.1) is 0 Å². The number of carbonyl (C=O) groups is 1. The second kappa shape index (κ2) is 12.2. The highest BCUT2D eigenvalue weighted by molar-refractivity contribution is 6.33. The Balaban J connectivity index is 1.67. The van der Waals surface area contributed by atoms with Gasteiger partial charge in [0.05, 0.1) is 33.2 Å². The van der Waals surface area contributed by atoms with E-state index in [1.54, 1.807) is 29.2 Å². The van der Waals surface area contributed by atoms with Crippen molar-refractivity contribution in [2.24, 2.45) is 0 Å². The van der Waals surface area contributed by atoms with Crippen molar-refractivity contribution in [2.75, 3.05) is 18.0 Å². The highest BCUT2D eigenvalue weighted by Gasteiger charge is 2.35. The molecule has 0 spiro atoms. The van der Waals surface area contributed by atoms with Gasteiger partial charge in [-0.1, -0.05) is 58.0 Å². The molecule has 9 nitrogen and oxygen atoms in total. The second-order valence-electron chi connectivity index (χ2n) is 13.1. The van der Waals surface area contributed by atoms with Crippen molar-refractivity contribution in [1.29, 1.82) is 0 Å². The summed E-state index contributed by atoms with van der Waals surface area (Å²) < 4.78 is 16.7. The fourth-order valence-electron chi connectivity index (χ4n) is 6.28. The fraction of sp³-hybridized carbons (Fsp3) is 0.429. The molecule has 240 valence electrons. The average Bonchev–Trinajstić information content (AvgIpc) is 3.87. The van der Waals surface area contributed by atoms with Gasteiger partial charge in [-0.25, -0.2) is 28.7 Å². The Morgan fingerprint density at radius 1 is 1.00 bits per heavy atom. The number of benzene rings is 1. The van der Waals surface area contributed by atoms with E-state index in [4.69, 9.17) is 26.6 Å². The third-order valence-corrected chi connectivity index (χ3v) is 9.15. The molecule has 2 atom stereocenters. The first-order valence-electron chi connectivity index (χ1n) is 15.9. The molecule has 0 unspecified atom stereocenters. The number of anilines is 1. The van der Waals surface area contributed by atoms with Gasteiger partial charge in [0.25, 0.3) is 0 Å². The number of fused-ring (bicyclic) bond motifs is 1. The first-order valence-corrected chi connectivity index (χ1v) is 16.3. The zero-order valence-electron chi connectivity index (χ0n) is 27.1. The Labute approximate surface area is 273 Å². The lowest BCUT2D eigenvalue weighted by atomic mass is 10.0. The molecule has 11 heteroatoms. The summed E-state index contributed by atoms with van der Waals surface area (Å²) in [7, 11) is 0. The molecule has 6 rings (SSSR count). The van der Waals surface area contributed by atoms with Crippen LogP contribution in [-0.4, -0.2) is 60.5 Å². The Bertz CT molecular complexity index is 1890. The third kappa shape index (κ3) is 5.57. The molecule has 0 radical (unpaired) electrons. The standard InChI is InChI=1S/C35H39ClFN7O2/c1-8-27(45)42-16-21(7)43(17-20(42)6)33-24-15-25(36)30(23-11-9-10-12-26(23)37)40-34(24)44(35(46)41-33)31-28(18(2)3)38-32(22-13-14-22)39-29(31)19(4)5/h8-12,15,18-22H,1,13-14,16-17H2,2-7H3/t20-,21+/m1/s1. The Kier molecular flexibility index (Phi) is 8.43. The fourth-order valence-corrected chi connectivity index (χ4v) is 6.53. The molecule has 1 saturated carbocycles. The van der Waals surface area contributed by atoms with Crippen LogP contribution in [0.1, 0.15) is 89.4 Å². The van der Waals surface area contributed by atoms with Crippen LogP contribution < -0.4 is 10.6 Å². The number of hydrogen-bond acceptors (Lipinski definition) is 7. The van der Waals surface area contributed by atoms with Crippen LogP contribution in [-0.2, 0) is 4.79 Å². The first-order chi connectivity index (χ1) is 21.9. The van der Waals surface area contributed by atoms with Gasteiger partial charge in [-0.2, -0.15) is 4.98 Å². The molecule has 2 fully saturated rings. The molecule has 4 heterocycles. The molecular formula is C35H39ClFN7O2. The van der Waals surface area contributed by atoms with Crippen molar-refractivity contribution in [3.8, 4) is 16.9 Å². The Morgan fingerprint density at radius 2 is 1.65 bits per heavy atom. The van der Waals surface area contributed by atoms with E-state index in [2.05, 4.69) is 11.6 Å². The number of piperazine rings is 1. The van der Waals surface area contributed by atoms with Crippen molar-refractivity contribution >= 4 is 34.4 Å². The largest absolute Gasteiger partial charge is 0.355 e. The minimum Gasteiger partial charge on any atom is -0.349 e. The van der Waals surface area contributed by atoms with Gasteiger partial charge in [0.2, 0.25) is 5.91 Å². The Morgan fingerprint density at radius 3 is 2.24 bits per heavy atom. The minimum absolute atomic E-state index is 0.0377. The van der Waals surface area contributed by atoms with Crippen LogP contribution in [0.4, 0.5) is 10.2 Å². The highest BCUT2D eigenvalue weighted by atomic mass is 35.5. The van der Waals surface area contributed by atoms with Gasteiger partial charge in [0, 0.05) is 36.7 Å². The number of aromatic nitrogens is 5. The quantitative estimate of drug-likeness (QED) is 0.205. The molecule has 0 N–H and O–H groups in total.